The van der Waals surface area contributed by atoms with Crippen LogP contribution < -0.4 is 0 Å². The zero-order valence-corrected chi connectivity index (χ0v) is 23.6. The van der Waals surface area contributed by atoms with Crippen LogP contribution in [0.3, 0.4) is 0 Å². The number of nitrogens with zero attached hydrogens (tertiary/aromatic N) is 5. The van der Waals surface area contributed by atoms with Crippen LogP contribution in [0.5, 0.6) is 0 Å². The number of Topliss-reactive ketones (excluding diaryl/α,β-unsaturated/α-hetero) is 1. The minimum atomic E-state index is -0.644. The predicted molar refractivity (Wildman–Crippen MR) is 155 cm³/mol. The van der Waals surface area contributed by atoms with Gasteiger partial charge in [0, 0.05) is 30.4 Å². The molecule has 2 atom stereocenters. The lowest BCUT2D eigenvalue weighted by Crippen LogP contribution is -2.52. The first kappa shape index (κ1) is 26.8. The number of piperidine rings is 1. The summed E-state index contributed by atoms with van der Waals surface area (Å²) in [5, 5.41) is 0. The van der Waals surface area contributed by atoms with Gasteiger partial charge in [0.15, 0.2) is 11.7 Å². The molecule has 3 heterocycles. The standard InChI is InChI=1S/C32H39N5O3/c1-3-40-31(39)25(34-27-21-28(38)32(27)16-6-4-7-17-32)20-22-12-14-23(15-13-22)37-29-24(10-9-18-33-29)35-30(37)26-11-5-8-19-36(26)2/h9-10,12-15,18,25-26H,3-8,11,16-17,19-21H2,1-2H3/t25-,26+/m0/s1. The average molecular weight is 542 g/mol. The van der Waals surface area contributed by atoms with Gasteiger partial charge in [0.2, 0.25) is 0 Å². The van der Waals surface area contributed by atoms with Crippen molar-refractivity contribution >= 4 is 28.6 Å². The molecule has 2 saturated carbocycles. The number of imidazole rings is 1. The molecule has 1 saturated heterocycles. The Balaban J connectivity index is 1.29. The van der Waals surface area contributed by atoms with Crippen molar-refractivity contribution in [3.63, 3.8) is 0 Å². The molecule has 0 N–H and O–H groups in total. The molecule has 2 aliphatic carbocycles. The van der Waals surface area contributed by atoms with Gasteiger partial charge in [0.05, 0.1) is 18.1 Å². The Hall–Kier alpha value is -3.39. The molecule has 6 rings (SSSR count). The highest BCUT2D eigenvalue weighted by molar-refractivity contribution is 6.27. The average Bonchev–Trinajstić information content (AvgIpc) is 3.37. The monoisotopic (exact) mass is 541 g/mol. The van der Waals surface area contributed by atoms with Gasteiger partial charge < -0.3 is 4.74 Å². The van der Waals surface area contributed by atoms with Gasteiger partial charge in [0.25, 0.3) is 0 Å². The Morgan fingerprint density at radius 2 is 1.93 bits per heavy atom. The number of hydrogen-bond acceptors (Lipinski definition) is 7. The lowest BCUT2D eigenvalue weighted by atomic mass is 9.58. The molecule has 210 valence electrons. The lowest BCUT2D eigenvalue weighted by Gasteiger charge is -2.44. The third-order valence-electron chi connectivity index (χ3n) is 9.13. The first-order valence-corrected chi connectivity index (χ1v) is 14.9. The summed E-state index contributed by atoms with van der Waals surface area (Å²) in [4.78, 5) is 42.6. The number of rotatable bonds is 7. The maximum atomic E-state index is 13.0. The number of aliphatic imine (C=N–C) groups is 1. The van der Waals surface area contributed by atoms with E-state index in [1.54, 1.807) is 0 Å². The fraction of sp³-hybridized carbons (Fsp3) is 0.531. The molecular formula is C32H39N5O3. The number of esters is 1. The number of ether oxygens (including phenoxy) is 1. The topological polar surface area (TPSA) is 89.7 Å². The van der Waals surface area contributed by atoms with Crippen LogP contribution in [0, 0.1) is 5.41 Å². The number of benzene rings is 1. The number of carbonyl (C=O) groups excluding carboxylic acids is 2. The fourth-order valence-electron chi connectivity index (χ4n) is 6.86. The van der Waals surface area contributed by atoms with E-state index in [2.05, 4.69) is 45.8 Å². The zero-order valence-electron chi connectivity index (χ0n) is 23.6. The van der Waals surface area contributed by atoms with Gasteiger partial charge in [-0.1, -0.05) is 37.8 Å². The van der Waals surface area contributed by atoms with E-state index in [4.69, 9.17) is 14.7 Å². The summed E-state index contributed by atoms with van der Waals surface area (Å²) in [5.74, 6) is 0.988. The molecule has 0 amide bonds. The molecule has 1 spiro atoms. The largest absolute Gasteiger partial charge is 0.464 e. The highest BCUT2D eigenvalue weighted by atomic mass is 16.5. The summed E-state index contributed by atoms with van der Waals surface area (Å²) in [6.07, 6.45) is 11.1. The fourth-order valence-corrected chi connectivity index (χ4v) is 6.86. The van der Waals surface area contributed by atoms with Crippen LogP contribution in [0.2, 0.25) is 0 Å². The zero-order chi connectivity index (χ0) is 27.7. The molecule has 3 aromatic rings. The minimum absolute atomic E-state index is 0.240. The quantitative estimate of drug-likeness (QED) is 0.371. The second-order valence-electron chi connectivity index (χ2n) is 11.6. The van der Waals surface area contributed by atoms with Gasteiger partial charge in [0.1, 0.15) is 17.1 Å². The highest BCUT2D eigenvalue weighted by Crippen LogP contribution is 2.47. The highest BCUT2D eigenvalue weighted by Gasteiger charge is 2.52. The molecule has 40 heavy (non-hydrogen) atoms. The second-order valence-corrected chi connectivity index (χ2v) is 11.6. The van der Waals surface area contributed by atoms with Crippen molar-refractivity contribution in [1.29, 1.82) is 0 Å². The van der Waals surface area contributed by atoms with Crippen molar-refractivity contribution in [2.75, 3.05) is 20.2 Å². The van der Waals surface area contributed by atoms with Crippen LogP contribution >= 0.6 is 0 Å². The van der Waals surface area contributed by atoms with E-state index in [0.717, 1.165) is 79.0 Å². The number of carbonyl (C=O) groups is 2. The summed E-state index contributed by atoms with van der Waals surface area (Å²) in [5.41, 5.74) is 4.24. The van der Waals surface area contributed by atoms with Crippen LogP contribution in [0.25, 0.3) is 16.9 Å². The third kappa shape index (κ3) is 4.87. The number of pyridine rings is 1. The van der Waals surface area contributed by atoms with Gasteiger partial charge in [-0.05, 0) is 76.0 Å². The molecular weight excluding hydrogens is 502 g/mol. The molecule has 3 fully saturated rings. The Morgan fingerprint density at radius 1 is 1.12 bits per heavy atom. The molecule has 1 aliphatic heterocycles. The van der Waals surface area contributed by atoms with Gasteiger partial charge in [-0.3, -0.25) is 19.3 Å². The number of likely N-dealkylation sites (tertiary alicyclic amines) is 1. The molecule has 1 aromatic carbocycles. The Morgan fingerprint density at radius 3 is 2.65 bits per heavy atom. The first-order chi connectivity index (χ1) is 19.5. The number of aromatic nitrogens is 3. The SMILES string of the molecule is CCOC(=O)[C@H](Cc1ccc(-n2c([C@H]3CCCCN3C)nc3cccnc32)cc1)N=C1CC(=O)C12CCCCC2. The van der Waals surface area contributed by atoms with Crippen LogP contribution in [0.1, 0.15) is 82.1 Å². The van der Waals surface area contributed by atoms with E-state index >= 15 is 0 Å². The summed E-state index contributed by atoms with van der Waals surface area (Å²) < 4.78 is 7.60. The molecule has 8 nitrogen and oxygen atoms in total. The molecule has 0 bridgehead atoms. The van der Waals surface area contributed by atoms with Gasteiger partial charge in [-0.2, -0.15) is 0 Å². The van der Waals surface area contributed by atoms with Crippen molar-refractivity contribution in [1.82, 2.24) is 19.4 Å². The minimum Gasteiger partial charge on any atom is -0.464 e. The number of fused-ring (bicyclic) bond motifs is 1. The van der Waals surface area contributed by atoms with E-state index in [9.17, 15) is 9.59 Å². The molecule has 0 radical (unpaired) electrons. The maximum Gasteiger partial charge on any atom is 0.331 e. The Kier molecular flexibility index (Phi) is 7.53. The number of ketones is 1. The van der Waals surface area contributed by atoms with Crippen molar-refractivity contribution in [2.45, 2.75) is 83.2 Å². The Bertz CT molecular complexity index is 1420. The molecule has 2 aromatic heterocycles. The van der Waals surface area contributed by atoms with Crippen molar-refractivity contribution in [3.05, 3.63) is 54.0 Å². The predicted octanol–water partition coefficient (Wildman–Crippen LogP) is 5.42. The van der Waals surface area contributed by atoms with Gasteiger partial charge >= 0.3 is 5.97 Å². The lowest BCUT2D eigenvalue weighted by molar-refractivity contribution is -0.144. The van der Waals surface area contributed by atoms with E-state index in [1.165, 1.54) is 12.8 Å². The van der Waals surface area contributed by atoms with Crippen LogP contribution in [-0.4, -0.2) is 63.1 Å². The summed E-state index contributed by atoms with van der Waals surface area (Å²) >= 11 is 0. The maximum absolute atomic E-state index is 13.0. The van der Waals surface area contributed by atoms with Gasteiger partial charge in [-0.25, -0.2) is 14.8 Å². The second kappa shape index (κ2) is 11.2. The van der Waals surface area contributed by atoms with Crippen molar-refractivity contribution in [3.8, 4) is 5.69 Å². The smallest absolute Gasteiger partial charge is 0.331 e. The summed E-state index contributed by atoms with van der Waals surface area (Å²) in [6, 6.07) is 11.8. The van der Waals surface area contributed by atoms with E-state index in [0.29, 0.717) is 25.2 Å². The molecule has 3 aliphatic rings. The summed E-state index contributed by atoms with van der Waals surface area (Å²) in [6.45, 7) is 3.18. The van der Waals surface area contributed by atoms with E-state index in [1.807, 2.05) is 25.3 Å². The van der Waals surface area contributed by atoms with E-state index in [-0.39, 0.29) is 12.0 Å². The van der Waals surface area contributed by atoms with E-state index < -0.39 is 11.5 Å². The normalized spacial score (nSPS) is 22.9. The number of hydrogen-bond donors (Lipinski definition) is 0. The van der Waals surface area contributed by atoms with Crippen LogP contribution in [0.15, 0.2) is 47.6 Å². The van der Waals surface area contributed by atoms with Crippen LogP contribution in [-0.2, 0) is 20.7 Å². The van der Waals surface area contributed by atoms with Gasteiger partial charge in [-0.15, -0.1) is 0 Å². The first-order valence-electron chi connectivity index (χ1n) is 14.9. The Labute approximate surface area is 235 Å². The molecule has 8 heteroatoms. The van der Waals surface area contributed by atoms with Crippen molar-refractivity contribution in [2.24, 2.45) is 10.4 Å². The molecule has 0 unspecified atom stereocenters. The summed E-state index contributed by atoms with van der Waals surface area (Å²) in [7, 11) is 2.17. The third-order valence-corrected chi connectivity index (χ3v) is 9.13. The van der Waals surface area contributed by atoms with Crippen LogP contribution in [0.4, 0.5) is 0 Å². The van der Waals surface area contributed by atoms with Crippen molar-refractivity contribution < 1.29 is 14.3 Å².